The highest BCUT2D eigenvalue weighted by atomic mass is 32.2. The number of benzene rings is 2. The molecule has 1 atom stereocenters. The highest BCUT2D eigenvalue weighted by Gasteiger charge is 2.29. The van der Waals surface area contributed by atoms with Crippen LogP contribution in [0.1, 0.15) is 17.5 Å². The number of carbonyl (C=O) groups excluding carboxylic acids is 2. The predicted octanol–water partition coefficient (Wildman–Crippen LogP) is 1.78. The maximum absolute atomic E-state index is 12.4. The van der Waals surface area contributed by atoms with E-state index in [1.54, 1.807) is 54.6 Å². The largest absolute Gasteiger partial charge is 0.469 e. The third-order valence-corrected chi connectivity index (χ3v) is 4.99. The van der Waals surface area contributed by atoms with Gasteiger partial charge in [-0.25, -0.2) is 13.1 Å². The molecule has 0 aromatic heterocycles. The van der Waals surface area contributed by atoms with E-state index in [-0.39, 0.29) is 12.4 Å². The first-order valence-corrected chi connectivity index (χ1v) is 9.86. The normalized spacial score (nSPS) is 12.2. The van der Waals surface area contributed by atoms with E-state index in [0.29, 0.717) is 5.56 Å². The summed E-state index contributed by atoms with van der Waals surface area (Å²) in [6, 6.07) is 16.1. The Balaban J connectivity index is 2.05. The quantitative estimate of drug-likeness (QED) is 0.654. The molecule has 0 saturated carbocycles. The summed E-state index contributed by atoms with van der Waals surface area (Å²) in [5, 5.41) is 0. The predicted molar refractivity (Wildman–Crippen MR) is 98.9 cm³/mol. The molecule has 144 valence electrons. The Bertz CT molecular complexity index is 852. The second-order valence-corrected chi connectivity index (χ2v) is 7.54. The Morgan fingerprint density at radius 1 is 0.963 bits per heavy atom. The number of carbonyl (C=O) groups is 2. The van der Waals surface area contributed by atoms with Crippen LogP contribution in [-0.2, 0) is 41.4 Å². The zero-order chi connectivity index (χ0) is 19.7. The standard InChI is InChI=1S/C19H21NO6S/c1-25-18(21)12-17(19(22)26-13-15-8-4-2-5-9-15)20-27(23,24)14-16-10-6-3-7-11-16/h2-11,17,20H,12-14H2,1H3/t17-/m0/s1. The fourth-order valence-electron chi connectivity index (χ4n) is 2.30. The van der Waals surface area contributed by atoms with Gasteiger partial charge < -0.3 is 9.47 Å². The summed E-state index contributed by atoms with van der Waals surface area (Å²) < 4.78 is 36.7. The highest BCUT2D eigenvalue weighted by molar-refractivity contribution is 7.88. The lowest BCUT2D eigenvalue weighted by molar-refractivity contribution is -0.151. The van der Waals surface area contributed by atoms with Crippen LogP contribution in [0.2, 0.25) is 0 Å². The van der Waals surface area contributed by atoms with Gasteiger partial charge in [-0.05, 0) is 11.1 Å². The van der Waals surface area contributed by atoms with Gasteiger partial charge >= 0.3 is 11.9 Å². The van der Waals surface area contributed by atoms with Crippen molar-refractivity contribution in [1.29, 1.82) is 0 Å². The second kappa shape index (κ2) is 9.84. The molecule has 0 amide bonds. The SMILES string of the molecule is COC(=O)C[C@H](NS(=O)(=O)Cc1ccccc1)C(=O)OCc1ccccc1. The van der Waals surface area contributed by atoms with E-state index in [9.17, 15) is 18.0 Å². The molecule has 0 fully saturated rings. The molecular formula is C19H21NO6S. The summed E-state index contributed by atoms with van der Waals surface area (Å²) in [5.74, 6) is -1.89. The van der Waals surface area contributed by atoms with Crippen molar-refractivity contribution in [3.8, 4) is 0 Å². The summed E-state index contributed by atoms with van der Waals surface area (Å²) in [4.78, 5) is 23.9. The number of ether oxygens (including phenoxy) is 2. The monoisotopic (exact) mass is 391 g/mol. The summed E-state index contributed by atoms with van der Waals surface area (Å²) in [5.41, 5.74) is 1.30. The highest BCUT2D eigenvalue weighted by Crippen LogP contribution is 2.09. The molecular weight excluding hydrogens is 370 g/mol. The van der Waals surface area contributed by atoms with Gasteiger partial charge in [0.05, 0.1) is 19.3 Å². The lowest BCUT2D eigenvalue weighted by Crippen LogP contribution is -2.43. The number of esters is 2. The zero-order valence-corrected chi connectivity index (χ0v) is 15.6. The minimum absolute atomic E-state index is 0.0300. The summed E-state index contributed by atoms with van der Waals surface area (Å²) in [7, 11) is -2.71. The maximum Gasteiger partial charge on any atom is 0.325 e. The van der Waals surface area contributed by atoms with Crippen LogP contribution in [-0.4, -0.2) is 33.5 Å². The molecule has 0 bridgehead atoms. The van der Waals surface area contributed by atoms with Crippen LogP contribution in [0.3, 0.4) is 0 Å². The summed E-state index contributed by atoms with van der Waals surface area (Å²) in [6.07, 6.45) is -0.460. The molecule has 0 aliphatic rings. The van der Waals surface area contributed by atoms with E-state index < -0.39 is 34.4 Å². The van der Waals surface area contributed by atoms with Crippen molar-refractivity contribution in [1.82, 2.24) is 4.72 Å². The Morgan fingerprint density at radius 3 is 2.07 bits per heavy atom. The smallest absolute Gasteiger partial charge is 0.325 e. The molecule has 0 saturated heterocycles. The number of hydrogen-bond acceptors (Lipinski definition) is 6. The molecule has 2 rings (SSSR count). The van der Waals surface area contributed by atoms with E-state index in [1.807, 2.05) is 6.07 Å². The first-order chi connectivity index (χ1) is 12.9. The van der Waals surface area contributed by atoms with Crippen molar-refractivity contribution in [3.05, 3.63) is 71.8 Å². The molecule has 7 nitrogen and oxygen atoms in total. The number of methoxy groups -OCH3 is 1. The summed E-state index contributed by atoms with van der Waals surface area (Å²) >= 11 is 0. The molecule has 0 aliphatic carbocycles. The molecule has 0 heterocycles. The van der Waals surface area contributed by atoms with Crippen LogP contribution in [0.15, 0.2) is 60.7 Å². The lowest BCUT2D eigenvalue weighted by Gasteiger charge is -2.17. The Hall–Kier alpha value is -2.71. The third-order valence-electron chi connectivity index (χ3n) is 3.63. The van der Waals surface area contributed by atoms with E-state index in [1.165, 1.54) is 0 Å². The molecule has 1 N–H and O–H groups in total. The molecule has 2 aromatic carbocycles. The third kappa shape index (κ3) is 7.20. The fraction of sp³-hybridized carbons (Fsp3) is 0.263. The number of nitrogens with one attached hydrogen (secondary N) is 1. The molecule has 0 radical (unpaired) electrons. The number of sulfonamides is 1. The van der Waals surface area contributed by atoms with Crippen LogP contribution < -0.4 is 4.72 Å². The Morgan fingerprint density at radius 2 is 1.52 bits per heavy atom. The van der Waals surface area contributed by atoms with Crippen LogP contribution in [0.5, 0.6) is 0 Å². The molecule has 8 heteroatoms. The van der Waals surface area contributed by atoms with Gasteiger partial charge in [-0.15, -0.1) is 0 Å². The van der Waals surface area contributed by atoms with Gasteiger partial charge in [0.25, 0.3) is 0 Å². The molecule has 0 spiro atoms. The Kier molecular flexibility index (Phi) is 7.51. The first kappa shape index (κ1) is 20.6. The van der Waals surface area contributed by atoms with Crippen LogP contribution >= 0.6 is 0 Å². The van der Waals surface area contributed by atoms with E-state index in [4.69, 9.17) is 4.74 Å². The summed E-state index contributed by atoms with van der Waals surface area (Å²) in [6.45, 7) is -0.0300. The van der Waals surface area contributed by atoms with Gasteiger partial charge in [0.1, 0.15) is 12.6 Å². The van der Waals surface area contributed by atoms with Crippen molar-refractivity contribution >= 4 is 22.0 Å². The van der Waals surface area contributed by atoms with Crippen LogP contribution in [0.25, 0.3) is 0 Å². The van der Waals surface area contributed by atoms with Gasteiger partial charge in [-0.3, -0.25) is 9.59 Å². The topological polar surface area (TPSA) is 98.8 Å². The van der Waals surface area contributed by atoms with Crippen molar-refractivity contribution in [2.45, 2.75) is 24.8 Å². The molecule has 2 aromatic rings. The van der Waals surface area contributed by atoms with Crippen molar-refractivity contribution in [2.24, 2.45) is 0 Å². The van der Waals surface area contributed by atoms with Crippen molar-refractivity contribution < 1.29 is 27.5 Å². The minimum atomic E-state index is -3.87. The average molecular weight is 391 g/mol. The van der Waals surface area contributed by atoms with Gasteiger partial charge in [0, 0.05) is 0 Å². The average Bonchev–Trinajstić information content (AvgIpc) is 2.66. The minimum Gasteiger partial charge on any atom is -0.469 e. The van der Waals surface area contributed by atoms with E-state index in [0.717, 1.165) is 12.7 Å². The second-order valence-electron chi connectivity index (χ2n) is 5.79. The van der Waals surface area contributed by atoms with Gasteiger partial charge in [-0.2, -0.15) is 0 Å². The maximum atomic E-state index is 12.4. The molecule has 0 unspecified atom stereocenters. The van der Waals surface area contributed by atoms with Gasteiger partial charge in [0.2, 0.25) is 10.0 Å². The lowest BCUT2D eigenvalue weighted by atomic mass is 10.2. The van der Waals surface area contributed by atoms with E-state index in [2.05, 4.69) is 9.46 Å². The van der Waals surface area contributed by atoms with Crippen LogP contribution in [0.4, 0.5) is 0 Å². The molecule has 27 heavy (non-hydrogen) atoms. The van der Waals surface area contributed by atoms with Gasteiger partial charge in [-0.1, -0.05) is 60.7 Å². The zero-order valence-electron chi connectivity index (χ0n) is 14.8. The number of hydrogen-bond donors (Lipinski definition) is 1. The fourth-order valence-corrected chi connectivity index (χ4v) is 3.63. The van der Waals surface area contributed by atoms with Crippen LogP contribution in [0, 0.1) is 0 Å². The van der Waals surface area contributed by atoms with Crippen molar-refractivity contribution in [3.63, 3.8) is 0 Å². The van der Waals surface area contributed by atoms with Crippen molar-refractivity contribution in [2.75, 3.05) is 7.11 Å². The van der Waals surface area contributed by atoms with Gasteiger partial charge in [0.15, 0.2) is 0 Å². The van der Waals surface area contributed by atoms with E-state index >= 15 is 0 Å². The molecule has 0 aliphatic heterocycles. The first-order valence-electron chi connectivity index (χ1n) is 8.21. The number of rotatable bonds is 9. The Labute approximate surface area is 158 Å².